The van der Waals surface area contributed by atoms with Crippen LogP contribution in [0.3, 0.4) is 0 Å². The Labute approximate surface area is 181 Å². The van der Waals surface area contributed by atoms with Crippen LogP contribution in [0.25, 0.3) is 5.69 Å². The molecule has 1 saturated heterocycles. The van der Waals surface area contributed by atoms with Crippen LogP contribution in [0.2, 0.25) is 0 Å². The highest BCUT2D eigenvalue weighted by molar-refractivity contribution is 7.87. The number of aromatic nitrogens is 4. The zero-order chi connectivity index (χ0) is 22.3. The Bertz CT molecular complexity index is 1220. The largest absolute Gasteiger partial charge is 0.309 e. The Morgan fingerprint density at radius 3 is 2.52 bits per heavy atom. The first-order valence-electron chi connectivity index (χ1n) is 9.84. The van der Waals surface area contributed by atoms with Gasteiger partial charge in [0.15, 0.2) is 0 Å². The summed E-state index contributed by atoms with van der Waals surface area (Å²) in [5, 5.41) is 11.6. The predicted molar refractivity (Wildman–Crippen MR) is 116 cm³/mol. The molecule has 10 nitrogen and oxygen atoms in total. The van der Waals surface area contributed by atoms with E-state index in [0.29, 0.717) is 5.82 Å². The van der Waals surface area contributed by atoms with Crippen LogP contribution in [0, 0.1) is 13.8 Å². The number of nitrogens with one attached hydrogen (secondary N) is 2. The van der Waals surface area contributed by atoms with Gasteiger partial charge in [0.25, 0.3) is 10.2 Å². The number of anilines is 1. The summed E-state index contributed by atoms with van der Waals surface area (Å²) in [6, 6.07) is 9.73. The van der Waals surface area contributed by atoms with Crippen LogP contribution >= 0.6 is 0 Å². The summed E-state index contributed by atoms with van der Waals surface area (Å²) < 4.78 is 32.4. The molecule has 0 saturated carbocycles. The number of para-hydroxylation sites is 1. The van der Waals surface area contributed by atoms with E-state index in [2.05, 4.69) is 20.2 Å². The Kier molecular flexibility index (Phi) is 5.42. The summed E-state index contributed by atoms with van der Waals surface area (Å²) in [7, 11) is -0.670. The fraction of sp³-hybridized carbons (Fsp3) is 0.350. The molecule has 2 aromatic heterocycles. The summed E-state index contributed by atoms with van der Waals surface area (Å²) in [5.74, 6) is 0.0586. The van der Waals surface area contributed by atoms with Crippen molar-refractivity contribution in [1.29, 1.82) is 0 Å². The van der Waals surface area contributed by atoms with Gasteiger partial charge in [0.05, 0.1) is 23.1 Å². The number of likely N-dealkylation sites (N-methyl/N-ethyl adjacent to an activating group) is 1. The smallest absolute Gasteiger partial charge is 0.280 e. The molecule has 2 N–H and O–H groups in total. The van der Waals surface area contributed by atoms with Crippen molar-refractivity contribution in [1.82, 2.24) is 28.6 Å². The highest BCUT2D eigenvalue weighted by Gasteiger charge is 2.41. The van der Waals surface area contributed by atoms with E-state index in [1.54, 1.807) is 28.7 Å². The molecule has 1 amide bonds. The first-order chi connectivity index (χ1) is 14.7. The maximum atomic E-state index is 13.2. The Morgan fingerprint density at radius 1 is 1.16 bits per heavy atom. The molecule has 0 radical (unpaired) electrons. The summed E-state index contributed by atoms with van der Waals surface area (Å²) in [6.45, 7) is 3.65. The van der Waals surface area contributed by atoms with Crippen molar-refractivity contribution in [3.63, 3.8) is 0 Å². The summed E-state index contributed by atoms with van der Waals surface area (Å²) >= 11 is 0. The number of carbonyl (C=O) groups excluding carboxylic acids is 1. The van der Waals surface area contributed by atoms with Crippen molar-refractivity contribution >= 4 is 21.9 Å². The number of hydrogen-bond acceptors (Lipinski definition) is 5. The maximum absolute atomic E-state index is 13.2. The van der Waals surface area contributed by atoms with E-state index in [-0.39, 0.29) is 6.42 Å². The number of rotatable bonds is 4. The van der Waals surface area contributed by atoms with Crippen LogP contribution in [-0.2, 0) is 22.1 Å². The van der Waals surface area contributed by atoms with Gasteiger partial charge in [-0.2, -0.15) is 27.6 Å². The van der Waals surface area contributed by atoms with Crippen molar-refractivity contribution in [2.24, 2.45) is 7.05 Å². The molecular formula is C20H25N7O3S. The van der Waals surface area contributed by atoms with Gasteiger partial charge >= 0.3 is 0 Å². The second kappa shape index (κ2) is 7.91. The molecule has 1 aliphatic rings. The molecule has 2 unspecified atom stereocenters. The van der Waals surface area contributed by atoms with Crippen LogP contribution in [0.4, 0.5) is 5.82 Å². The lowest BCUT2D eigenvalue weighted by atomic mass is 10.00. The molecule has 3 heterocycles. The van der Waals surface area contributed by atoms with E-state index in [4.69, 9.17) is 0 Å². The third kappa shape index (κ3) is 4.11. The zero-order valence-corrected chi connectivity index (χ0v) is 18.6. The fourth-order valence-electron chi connectivity index (χ4n) is 3.84. The Hall–Kier alpha value is -3.02. The number of nitrogens with zero attached hydrogens (tertiary/aromatic N) is 5. The zero-order valence-electron chi connectivity index (χ0n) is 17.8. The molecule has 2 atom stereocenters. The monoisotopic (exact) mass is 443 g/mol. The van der Waals surface area contributed by atoms with Gasteiger partial charge in [0, 0.05) is 31.9 Å². The quantitative estimate of drug-likeness (QED) is 0.633. The van der Waals surface area contributed by atoms with Crippen LogP contribution in [0.15, 0.2) is 42.6 Å². The predicted octanol–water partition coefficient (Wildman–Crippen LogP) is 1.44. The molecule has 164 valence electrons. The maximum Gasteiger partial charge on any atom is 0.280 e. The minimum absolute atomic E-state index is 0.270. The lowest BCUT2D eigenvalue weighted by Crippen LogP contribution is -2.56. The van der Waals surface area contributed by atoms with Crippen molar-refractivity contribution < 1.29 is 13.2 Å². The van der Waals surface area contributed by atoms with Gasteiger partial charge < -0.3 is 5.32 Å². The molecule has 0 spiro atoms. The molecule has 3 aromatic rings. The second-order valence-electron chi connectivity index (χ2n) is 7.69. The number of benzene rings is 1. The minimum Gasteiger partial charge on any atom is -0.309 e. The molecule has 1 aromatic carbocycles. The summed E-state index contributed by atoms with van der Waals surface area (Å²) in [4.78, 5) is 13.2. The Morgan fingerprint density at radius 2 is 1.87 bits per heavy atom. The van der Waals surface area contributed by atoms with Gasteiger partial charge in [-0.25, -0.2) is 4.68 Å². The van der Waals surface area contributed by atoms with Crippen LogP contribution in [0.1, 0.15) is 29.4 Å². The average molecular weight is 444 g/mol. The molecule has 31 heavy (non-hydrogen) atoms. The number of hydrogen-bond donors (Lipinski definition) is 2. The van der Waals surface area contributed by atoms with Gasteiger partial charge in [0.1, 0.15) is 11.9 Å². The van der Waals surface area contributed by atoms with E-state index in [9.17, 15) is 13.2 Å². The third-order valence-electron chi connectivity index (χ3n) is 5.38. The summed E-state index contributed by atoms with van der Waals surface area (Å²) in [6.07, 6.45) is 2.04. The van der Waals surface area contributed by atoms with Gasteiger partial charge in [-0.15, -0.1) is 0 Å². The van der Waals surface area contributed by atoms with Crippen LogP contribution in [-0.4, -0.2) is 51.3 Å². The standard InChI is InChI=1S/C20H25N7O3S/c1-13-10-19(27(22-13)15-8-6-5-7-9-15)21-20(28)18-11-17(24-31(29,30)26(18)4)16-12-25(3)23-14(16)2/h5-10,12,17-18,24H,11H2,1-4H3,(H,21,28). The number of aryl methyl sites for hydroxylation is 3. The lowest BCUT2D eigenvalue weighted by molar-refractivity contribution is -0.120. The van der Waals surface area contributed by atoms with Gasteiger partial charge in [-0.1, -0.05) is 18.2 Å². The third-order valence-corrected chi connectivity index (χ3v) is 6.98. The average Bonchev–Trinajstić information content (AvgIpc) is 3.25. The van der Waals surface area contributed by atoms with Crippen LogP contribution < -0.4 is 10.0 Å². The molecule has 4 rings (SSSR count). The first kappa shape index (κ1) is 21.2. The number of amides is 1. The fourth-order valence-corrected chi connectivity index (χ4v) is 5.10. The van der Waals surface area contributed by atoms with Gasteiger partial charge in [0.2, 0.25) is 5.91 Å². The van der Waals surface area contributed by atoms with Crippen molar-refractivity contribution in [3.8, 4) is 5.69 Å². The van der Waals surface area contributed by atoms with E-state index in [1.165, 1.54) is 7.05 Å². The minimum atomic E-state index is -3.85. The lowest BCUT2D eigenvalue weighted by Gasteiger charge is -2.36. The Balaban J connectivity index is 1.63. The molecule has 1 fully saturated rings. The summed E-state index contributed by atoms with van der Waals surface area (Å²) in [5.41, 5.74) is 2.99. The van der Waals surface area contributed by atoms with E-state index in [1.807, 2.05) is 44.2 Å². The second-order valence-corrected chi connectivity index (χ2v) is 9.46. The highest BCUT2D eigenvalue weighted by Crippen LogP contribution is 2.30. The molecule has 0 bridgehead atoms. The SMILES string of the molecule is Cc1cc(NC(=O)C2CC(c3cn(C)nc3C)NS(=O)(=O)N2C)n(-c2ccccc2)n1. The van der Waals surface area contributed by atoms with Gasteiger partial charge in [-0.05, 0) is 32.4 Å². The van der Waals surface area contributed by atoms with E-state index >= 15 is 0 Å². The van der Waals surface area contributed by atoms with Crippen molar-refractivity contribution in [2.75, 3.05) is 12.4 Å². The molecular weight excluding hydrogens is 418 g/mol. The normalized spacial score (nSPS) is 21.2. The highest BCUT2D eigenvalue weighted by atomic mass is 32.2. The topological polar surface area (TPSA) is 114 Å². The first-order valence-corrected chi connectivity index (χ1v) is 11.3. The van der Waals surface area contributed by atoms with E-state index in [0.717, 1.165) is 26.9 Å². The number of carbonyl (C=O) groups is 1. The molecule has 0 aliphatic carbocycles. The van der Waals surface area contributed by atoms with Crippen LogP contribution in [0.5, 0.6) is 0 Å². The molecule has 11 heteroatoms. The van der Waals surface area contributed by atoms with E-state index < -0.39 is 28.2 Å². The van der Waals surface area contributed by atoms with Crippen molar-refractivity contribution in [2.45, 2.75) is 32.4 Å². The van der Waals surface area contributed by atoms with Gasteiger partial charge in [-0.3, -0.25) is 9.48 Å². The molecule has 1 aliphatic heterocycles. The van der Waals surface area contributed by atoms with Crippen molar-refractivity contribution in [3.05, 3.63) is 59.5 Å².